The van der Waals surface area contributed by atoms with Crippen LogP contribution in [-0.2, 0) is 6.54 Å². The predicted octanol–water partition coefficient (Wildman–Crippen LogP) is 3.52. The van der Waals surface area contributed by atoms with Gasteiger partial charge in [-0.15, -0.1) is 0 Å². The van der Waals surface area contributed by atoms with E-state index in [4.69, 9.17) is 0 Å². The van der Waals surface area contributed by atoms with E-state index in [2.05, 4.69) is 52.9 Å². The average molecular weight is 282 g/mol. The minimum Gasteiger partial charge on any atom is -0.299 e. The first kappa shape index (κ1) is 12.1. The second-order valence-corrected chi connectivity index (χ2v) is 5.61. The zero-order valence-electron chi connectivity index (χ0n) is 10.2. The van der Waals surface area contributed by atoms with Crippen molar-refractivity contribution >= 4 is 15.9 Å². The Kier molecular flexibility index (Phi) is 4.04. The van der Waals surface area contributed by atoms with Gasteiger partial charge in [0, 0.05) is 18.4 Å². The molecule has 88 valence electrons. The van der Waals surface area contributed by atoms with Gasteiger partial charge in [0.05, 0.1) is 0 Å². The highest BCUT2D eigenvalue weighted by molar-refractivity contribution is 9.09. The Bertz CT molecular complexity index is 362. The van der Waals surface area contributed by atoms with E-state index in [0.29, 0.717) is 0 Å². The van der Waals surface area contributed by atoms with E-state index in [9.17, 15) is 0 Å². The Hall–Kier alpha value is -0.340. The molecule has 0 amide bonds. The highest BCUT2D eigenvalue weighted by Crippen LogP contribution is 2.21. The number of halogens is 1. The minimum absolute atomic E-state index is 0.853. The number of alkyl halides is 1. The van der Waals surface area contributed by atoms with Crippen LogP contribution in [0, 0.1) is 19.8 Å². The largest absolute Gasteiger partial charge is 0.299 e. The molecule has 1 aromatic carbocycles. The van der Waals surface area contributed by atoms with E-state index in [1.807, 2.05) is 0 Å². The zero-order valence-corrected chi connectivity index (χ0v) is 11.8. The number of rotatable bonds is 3. The van der Waals surface area contributed by atoms with Crippen LogP contribution >= 0.6 is 15.9 Å². The van der Waals surface area contributed by atoms with Crippen LogP contribution in [-0.4, -0.2) is 23.3 Å². The number of nitrogens with zero attached hydrogens (tertiary/aromatic N) is 1. The molecular formula is C14H20BrN. The van der Waals surface area contributed by atoms with Crippen LogP contribution in [0.25, 0.3) is 0 Å². The monoisotopic (exact) mass is 281 g/mol. The summed E-state index contributed by atoms with van der Waals surface area (Å²) in [5, 5.41) is 1.15. The van der Waals surface area contributed by atoms with Gasteiger partial charge in [0.25, 0.3) is 0 Å². The quantitative estimate of drug-likeness (QED) is 0.767. The molecule has 0 spiro atoms. The molecule has 1 unspecified atom stereocenters. The van der Waals surface area contributed by atoms with E-state index in [1.165, 1.54) is 36.2 Å². The summed E-state index contributed by atoms with van der Waals surface area (Å²) in [6, 6.07) is 6.84. The van der Waals surface area contributed by atoms with Gasteiger partial charge in [-0.1, -0.05) is 34.1 Å². The van der Waals surface area contributed by atoms with E-state index in [1.54, 1.807) is 0 Å². The summed E-state index contributed by atoms with van der Waals surface area (Å²) in [4.78, 5) is 2.57. The molecule has 1 aliphatic rings. The molecule has 0 aromatic heterocycles. The lowest BCUT2D eigenvalue weighted by molar-refractivity contribution is 0.321. The van der Waals surface area contributed by atoms with Crippen LogP contribution in [0.4, 0.5) is 0 Å². The van der Waals surface area contributed by atoms with Crippen LogP contribution in [0.15, 0.2) is 18.2 Å². The molecule has 0 bridgehead atoms. The summed E-state index contributed by atoms with van der Waals surface area (Å²) in [6.45, 7) is 7.99. The molecule has 0 radical (unpaired) electrons. The van der Waals surface area contributed by atoms with Gasteiger partial charge in [-0.2, -0.15) is 0 Å². The molecular weight excluding hydrogens is 262 g/mol. The molecule has 1 aromatic rings. The van der Waals surface area contributed by atoms with Crippen LogP contribution in [0.5, 0.6) is 0 Å². The normalized spacial score (nSPS) is 21.6. The molecule has 1 fully saturated rings. The first-order valence-electron chi connectivity index (χ1n) is 6.03. The van der Waals surface area contributed by atoms with Gasteiger partial charge in [0.2, 0.25) is 0 Å². The fraction of sp³-hybridized carbons (Fsp3) is 0.571. The number of aryl methyl sites for hydroxylation is 2. The lowest BCUT2D eigenvalue weighted by Gasteiger charge is -2.16. The summed E-state index contributed by atoms with van der Waals surface area (Å²) in [5.74, 6) is 0.853. The maximum atomic E-state index is 3.58. The molecule has 1 aliphatic heterocycles. The molecule has 1 saturated heterocycles. The summed E-state index contributed by atoms with van der Waals surface area (Å²) in [6.07, 6.45) is 1.34. The molecule has 2 heteroatoms. The Morgan fingerprint density at radius 2 is 2.12 bits per heavy atom. The third kappa shape index (κ3) is 2.86. The molecule has 0 N–H and O–H groups in total. The van der Waals surface area contributed by atoms with Crippen molar-refractivity contribution in [2.75, 3.05) is 18.4 Å². The maximum absolute atomic E-state index is 3.58. The molecule has 1 nitrogen and oxygen atoms in total. The second-order valence-electron chi connectivity index (χ2n) is 4.96. The van der Waals surface area contributed by atoms with Gasteiger partial charge in [-0.05, 0) is 49.4 Å². The van der Waals surface area contributed by atoms with Gasteiger partial charge in [0.15, 0.2) is 0 Å². The van der Waals surface area contributed by atoms with Gasteiger partial charge in [0.1, 0.15) is 0 Å². The number of benzene rings is 1. The summed E-state index contributed by atoms with van der Waals surface area (Å²) >= 11 is 3.58. The van der Waals surface area contributed by atoms with E-state index in [0.717, 1.165) is 17.8 Å². The summed E-state index contributed by atoms with van der Waals surface area (Å²) < 4.78 is 0. The van der Waals surface area contributed by atoms with Crippen LogP contribution in [0.1, 0.15) is 23.1 Å². The predicted molar refractivity (Wildman–Crippen MR) is 73.1 cm³/mol. The lowest BCUT2D eigenvalue weighted by Crippen LogP contribution is -2.20. The first-order valence-corrected chi connectivity index (χ1v) is 7.15. The number of hydrogen-bond acceptors (Lipinski definition) is 1. The second kappa shape index (κ2) is 5.33. The van der Waals surface area contributed by atoms with E-state index < -0.39 is 0 Å². The maximum Gasteiger partial charge on any atom is 0.0233 e. The number of likely N-dealkylation sites (tertiary alicyclic amines) is 1. The number of hydrogen-bond donors (Lipinski definition) is 0. The topological polar surface area (TPSA) is 3.24 Å². The third-order valence-corrected chi connectivity index (χ3v) is 4.48. The van der Waals surface area contributed by atoms with Gasteiger partial charge >= 0.3 is 0 Å². The van der Waals surface area contributed by atoms with Crippen molar-refractivity contribution in [2.24, 2.45) is 5.92 Å². The van der Waals surface area contributed by atoms with Crippen molar-refractivity contribution in [1.29, 1.82) is 0 Å². The highest BCUT2D eigenvalue weighted by Gasteiger charge is 2.21. The van der Waals surface area contributed by atoms with Crippen molar-refractivity contribution < 1.29 is 0 Å². The zero-order chi connectivity index (χ0) is 11.5. The van der Waals surface area contributed by atoms with Crippen molar-refractivity contribution in [2.45, 2.75) is 26.8 Å². The minimum atomic E-state index is 0.853. The first-order chi connectivity index (χ1) is 7.69. The van der Waals surface area contributed by atoms with E-state index in [-0.39, 0.29) is 0 Å². The summed E-state index contributed by atoms with van der Waals surface area (Å²) in [5.41, 5.74) is 4.26. The van der Waals surface area contributed by atoms with Crippen LogP contribution in [0.3, 0.4) is 0 Å². The smallest absolute Gasteiger partial charge is 0.0233 e. The average Bonchev–Trinajstić information content (AvgIpc) is 2.71. The summed E-state index contributed by atoms with van der Waals surface area (Å²) in [7, 11) is 0. The van der Waals surface area contributed by atoms with Gasteiger partial charge in [-0.3, -0.25) is 4.90 Å². The standard InChI is InChI=1S/C14H20BrN/c1-11-3-4-13(7-12(11)2)9-16-6-5-14(8-15)10-16/h3-4,7,14H,5-6,8-10H2,1-2H3. The van der Waals surface area contributed by atoms with Crippen molar-refractivity contribution in [1.82, 2.24) is 4.90 Å². The fourth-order valence-electron chi connectivity index (χ4n) is 2.34. The molecule has 16 heavy (non-hydrogen) atoms. The van der Waals surface area contributed by atoms with Crippen LogP contribution < -0.4 is 0 Å². The Labute approximate surface area is 107 Å². The van der Waals surface area contributed by atoms with Crippen molar-refractivity contribution in [3.63, 3.8) is 0 Å². The fourth-order valence-corrected chi connectivity index (χ4v) is 2.87. The Morgan fingerprint density at radius 3 is 2.75 bits per heavy atom. The molecule has 0 saturated carbocycles. The van der Waals surface area contributed by atoms with Gasteiger partial charge < -0.3 is 0 Å². The lowest BCUT2D eigenvalue weighted by atomic mass is 10.1. The molecule has 2 rings (SSSR count). The van der Waals surface area contributed by atoms with Crippen molar-refractivity contribution in [3.8, 4) is 0 Å². The SMILES string of the molecule is Cc1ccc(CN2CCC(CBr)C2)cc1C. The Morgan fingerprint density at radius 1 is 1.31 bits per heavy atom. The molecule has 0 aliphatic carbocycles. The molecule has 1 atom stereocenters. The van der Waals surface area contributed by atoms with E-state index >= 15 is 0 Å². The third-order valence-electron chi connectivity index (χ3n) is 3.57. The highest BCUT2D eigenvalue weighted by atomic mass is 79.9. The van der Waals surface area contributed by atoms with Gasteiger partial charge in [-0.25, -0.2) is 0 Å². The molecule has 1 heterocycles. The van der Waals surface area contributed by atoms with Crippen LogP contribution in [0.2, 0.25) is 0 Å². The Balaban J connectivity index is 1.97. The van der Waals surface area contributed by atoms with Crippen molar-refractivity contribution in [3.05, 3.63) is 34.9 Å².